The fraction of sp³-hybridized carbons (Fsp3) is 0.100. The van der Waals surface area contributed by atoms with Crippen LogP contribution in [0, 0.1) is 13.1 Å². The van der Waals surface area contributed by atoms with Gasteiger partial charge in [-0.15, -0.1) is 0 Å². The molecule has 0 unspecified atom stereocenters. The Kier molecular flexibility index (Phi) is 1.67. The van der Waals surface area contributed by atoms with Gasteiger partial charge in [0.05, 0.1) is 0 Å². The van der Waals surface area contributed by atoms with Gasteiger partial charge in [0.25, 0.3) is 0 Å². The van der Waals surface area contributed by atoms with Crippen molar-refractivity contribution in [1.82, 2.24) is 9.97 Å². The fourth-order valence-corrected chi connectivity index (χ4v) is 1.17. The molecule has 1 N–H and O–H groups in total. The van der Waals surface area contributed by atoms with Gasteiger partial charge in [-0.2, -0.15) is 0 Å². The van der Waals surface area contributed by atoms with Crippen LogP contribution in [0.15, 0.2) is 30.5 Å². The van der Waals surface area contributed by atoms with E-state index in [-0.39, 0.29) is 0 Å². The number of aromatic amines is 1. The molecule has 1 radical (unpaired) electrons. The molecule has 1 aromatic heterocycles. The Morgan fingerprint density at radius 3 is 3.00 bits per heavy atom. The molecule has 0 bridgehead atoms. The van der Waals surface area contributed by atoms with Crippen LogP contribution in [0.2, 0.25) is 0 Å². The summed E-state index contributed by atoms with van der Waals surface area (Å²) in [5.74, 6) is 0.874. The zero-order valence-corrected chi connectivity index (χ0v) is 6.83. The van der Waals surface area contributed by atoms with Crippen molar-refractivity contribution in [2.45, 2.75) is 6.92 Å². The second kappa shape index (κ2) is 2.81. The quantitative estimate of drug-likeness (QED) is 0.675. The lowest BCUT2D eigenvalue weighted by Gasteiger charge is -1.96. The van der Waals surface area contributed by atoms with E-state index in [1.165, 1.54) is 5.56 Å². The van der Waals surface area contributed by atoms with E-state index in [0.29, 0.717) is 0 Å². The van der Waals surface area contributed by atoms with Crippen LogP contribution >= 0.6 is 0 Å². The predicted molar refractivity (Wildman–Crippen MR) is 47.6 cm³/mol. The summed E-state index contributed by atoms with van der Waals surface area (Å²) in [4.78, 5) is 7.06. The number of nitrogens with one attached hydrogen (secondary N) is 1. The molecule has 1 aromatic carbocycles. The largest absolute Gasteiger partial charge is 0.344 e. The molecule has 0 atom stereocenters. The third-order valence-electron chi connectivity index (χ3n) is 1.74. The summed E-state index contributed by atoms with van der Waals surface area (Å²) < 4.78 is 0. The minimum absolute atomic E-state index is 0.874. The first kappa shape index (κ1) is 7.10. The summed E-state index contributed by atoms with van der Waals surface area (Å²) in [7, 11) is 0. The highest BCUT2D eigenvalue weighted by Gasteiger charge is 1.97. The van der Waals surface area contributed by atoms with Crippen molar-refractivity contribution >= 4 is 0 Å². The number of nitrogens with zero attached hydrogens (tertiary/aromatic N) is 1. The van der Waals surface area contributed by atoms with Crippen LogP contribution in [0.5, 0.6) is 0 Å². The summed E-state index contributed by atoms with van der Waals surface area (Å²) in [5.41, 5.74) is 2.35. The second-order valence-electron chi connectivity index (χ2n) is 2.75. The number of benzene rings is 1. The highest BCUT2D eigenvalue weighted by molar-refractivity contribution is 5.55. The molecular weight excluding hydrogens is 148 g/mol. The van der Waals surface area contributed by atoms with Crippen molar-refractivity contribution in [3.63, 3.8) is 0 Å². The van der Waals surface area contributed by atoms with Gasteiger partial charge >= 0.3 is 0 Å². The standard InChI is InChI=1S/C10H9N2/c1-8-3-2-4-9(7-8)10-11-5-6-12-10/h2-5,7H,1H3,(H,11,12). The van der Waals surface area contributed by atoms with Gasteiger partial charge in [-0.1, -0.05) is 23.8 Å². The summed E-state index contributed by atoms with van der Waals surface area (Å²) in [5, 5.41) is 0. The summed E-state index contributed by atoms with van der Waals surface area (Å²) >= 11 is 0. The number of hydrogen-bond acceptors (Lipinski definition) is 1. The minimum atomic E-state index is 0.874. The van der Waals surface area contributed by atoms with Gasteiger partial charge in [-0.3, -0.25) is 0 Å². The molecule has 59 valence electrons. The summed E-state index contributed by atoms with van der Waals surface area (Å²) in [6, 6.07) is 8.20. The number of H-pyrrole nitrogens is 1. The molecule has 0 aliphatic rings. The SMILES string of the molecule is Cc1cccc(-c2n[c]c[nH]2)c1. The molecule has 0 amide bonds. The van der Waals surface area contributed by atoms with Crippen molar-refractivity contribution in [1.29, 1.82) is 0 Å². The molecule has 2 heteroatoms. The maximum atomic E-state index is 4.05. The number of imidazole rings is 1. The lowest BCUT2D eigenvalue weighted by atomic mass is 10.1. The Hall–Kier alpha value is -1.57. The van der Waals surface area contributed by atoms with Crippen molar-refractivity contribution in [3.8, 4) is 11.4 Å². The van der Waals surface area contributed by atoms with Crippen LogP contribution in [0.4, 0.5) is 0 Å². The Morgan fingerprint density at radius 1 is 1.42 bits per heavy atom. The van der Waals surface area contributed by atoms with Gasteiger partial charge in [-0.25, -0.2) is 4.98 Å². The first-order valence-electron chi connectivity index (χ1n) is 3.85. The number of rotatable bonds is 1. The van der Waals surface area contributed by atoms with Gasteiger partial charge in [0, 0.05) is 11.8 Å². The molecule has 0 fully saturated rings. The van der Waals surface area contributed by atoms with Crippen LogP contribution < -0.4 is 0 Å². The topological polar surface area (TPSA) is 28.7 Å². The van der Waals surface area contributed by atoms with Gasteiger partial charge in [0.2, 0.25) is 0 Å². The number of aryl methyl sites for hydroxylation is 1. The lowest BCUT2D eigenvalue weighted by Crippen LogP contribution is -1.80. The minimum Gasteiger partial charge on any atom is -0.344 e. The van der Waals surface area contributed by atoms with Crippen LogP contribution in [0.3, 0.4) is 0 Å². The second-order valence-corrected chi connectivity index (χ2v) is 2.75. The normalized spacial score (nSPS) is 10.1. The van der Waals surface area contributed by atoms with Crippen LogP contribution in [0.1, 0.15) is 5.56 Å². The molecule has 0 saturated carbocycles. The first-order valence-corrected chi connectivity index (χ1v) is 3.85. The Labute approximate surface area is 71.3 Å². The number of hydrogen-bond donors (Lipinski definition) is 1. The van der Waals surface area contributed by atoms with Gasteiger partial charge in [-0.05, 0) is 13.0 Å². The molecule has 2 nitrogen and oxygen atoms in total. The van der Waals surface area contributed by atoms with E-state index in [1.54, 1.807) is 6.20 Å². The van der Waals surface area contributed by atoms with E-state index >= 15 is 0 Å². The lowest BCUT2D eigenvalue weighted by molar-refractivity contribution is 1.30. The average Bonchev–Trinajstić information content (AvgIpc) is 2.56. The maximum Gasteiger partial charge on any atom is 0.138 e. The molecule has 2 aromatic rings. The van der Waals surface area contributed by atoms with E-state index in [0.717, 1.165) is 11.4 Å². The van der Waals surface area contributed by atoms with E-state index in [2.05, 4.69) is 35.2 Å². The van der Waals surface area contributed by atoms with Crippen LogP contribution in [-0.4, -0.2) is 9.97 Å². The molecule has 0 spiro atoms. The third kappa shape index (κ3) is 1.23. The van der Waals surface area contributed by atoms with Gasteiger partial charge in [0.1, 0.15) is 12.0 Å². The smallest absolute Gasteiger partial charge is 0.138 e. The molecular formula is C10H9N2. The van der Waals surface area contributed by atoms with Gasteiger partial charge in [0.15, 0.2) is 0 Å². The zero-order valence-electron chi connectivity index (χ0n) is 6.83. The van der Waals surface area contributed by atoms with E-state index < -0.39 is 0 Å². The summed E-state index contributed by atoms with van der Waals surface area (Å²) in [6.45, 7) is 2.07. The molecule has 1 heterocycles. The first-order chi connectivity index (χ1) is 5.86. The van der Waals surface area contributed by atoms with E-state index in [1.807, 2.05) is 12.1 Å². The van der Waals surface area contributed by atoms with Crippen molar-refractivity contribution in [2.24, 2.45) is 0 Å². The molecule has 12 heavy (non-hydrogen) atoms. The molecule has 0 aliphatic carbocycles. The molecule has 0 aliphatic heterocycles. The third-order valence-corrected chi connectivity index (χ3v) is 1.74. The maximum absolute atomic E-state index is 4.05. The monoisotopic (exact) mass is 157 g/mol. The highest BCUT2D eigenvalue weighted by atomic mass is 14.9. The van der Waals surface area contributed by atoms with Crippen molar-refractivity contribution in [2.75, 3.05) is 0 Å². The Balaban J connectivity index is 2.48. The van der Waals surface area contributed by atoms with E-state index in [4.69, 9.17) is 0 Å². The van der Waals surface area contributed by atoms with Crippen molar-refractivity contribution < 1.29 is 0 Å². The zero-order chi connectivity index (χ0) is 8.39. The van der Waals surface area contributed by atoms with E-state index in [9.17, 15) is 0 Å². The Morgan fingerprint density at radius 2 is 2.33 bits per heavy atom. The molecule has 0 saturated heterocycles. The van der Waals surface area contributed by atoms with Crippen LogP contribution in [-0.2, 0) is 0 Å². The van der Waals surface area contributed by atoms with Crippen LogP contribution in [0.25, 0.3) is 11.4 Å². The summed E-state index contributed by atoms with van der Waals surface area (Å²) in [6.07, 6.45) is 4.45. The average molecular weight is 157 g/mol. The number of aromatic nitrogens is 2. The highest BCUT2D eigenvalue weighted by Crippen LogP contribution is 2.14. The predicted octanol–water partition coefficient (Wildman–Crippen LogP) is 2.19. The van der Waals surface area contributed by atoms with Gasteiger partial charge < -0.3 is 4.98 Å². The van der Waals surface area contributed by atoms with Crippen molar-refractivity contribution in [3.05, 3.63) is 42.2 Å². The molecule has 2 rings (SSSR count). The fourth-order valence-electron chi connectivity index (χ4n) is 1.17. The Bertz CT molecular complexity index is 363.